The van der Waals surface area contributed by atoms with E-state index in [1.165, 1.54) is 5.56 Å². The van der Waals surface area contributed by atoms with Crippen LogP contribution < -0.4 is 5.32 Å². The number of thioether (sulfide) groups is 1. The molecule has 5 rings (SSSR count). The molecule has 3 aromatic rings. The van der Waals surface area contributed by atoms with Crippen LogP contribution in [-0.4, -0.2) is 70.9 Å². The number of rotatable bonds is 10. The van der Waals surface area contributed by atoms with Crippen LogP contribution in [0.25, 0.3) is 11.2 Å². The van der Waals surface area contributed by atoms with Crippen molar-refractivity contribution in [3.05, 3.63) is 35.9 Å². The monoisotopic (exact) mass is 484 g/mol. The third-order valence-corrected chi connectivity index (χ3v) is 7.95. The third kappa shape index (κ3) is 4.64. The Morgan fingerprint density at radius 2 is 1.94 bits per heavy atom. The Bertz CT molecular complexity index is 1110. The van der Waals surface area contributed by atoms with Crippen molar-refractivity contribution in [1.29, 1.82) is 0 Å². The summed E-state index contributed by atoms with van der Waals surface area (Å²) in [6, 6.07) is 10.3. The summed E-state index contributed by atoms with van der Waals surface area (Å²) in [5.74, 6) is 1.91. The first kappa shape index (κ1) is 23.5. The fourth-order valence-corrected chi connectivity index (χ4v) is 5.67. The molecule has 34 heavy (non-hydrogen) atoms. The first-order chi connectivity index (χ1) is 16.6. The van der Waals surface area contributed by atoms with E-state index in [4.69, 9.17) is 9.97 Å². The quantitative estimate of drug-likeness (QED) is 0.253. The zero-order chi connectivity index (χ0) is 23.7. The van der Waals surface area contributed by atoms with Gasteiger partial charge in [-0.1, -0.05) is 54.2 Å². The molecular weight excluding hydrogens is 452 g/mol. The maximum atomic E-state index is 10.8. The molecule has 0 amide bonds. The number of nitrogens with one attached hydrogen (secondary N) is 1. The molecule has 0 aliphatic heterocycles. The number of hydrogen-bond donors (Lipinski definition) is 4. The number of hydrogen-bond acceptors (Lipinski definition) is 9. The summed E-state index contributed by atoms with van der Waals surface area (Å²) in [6.45, 7) is 2.19. The van der Waals surface area contributed by atoms with Gasteiger partial charge in [0, 0.05) is 24.3 Å². The fraction of sp³-hybridized carbons (Fsp3) is 0.583. The number of aliphatic hydroxyl groups is 3. The predicted molar refractivity (Wildman–Crippen MR) is 131 cm³/mol. The highest BCUT2D eigenvalue weighted by Crippen LogP contribution is 2.44. The van der Waals surface area contributed by atoms with Crippen LogP contribution in [0.4, 0.5) is 5.82 Å². The average molecular weight is 485 g/mol. The molecule has 2 aromatic heterocycles. The molecule has 0 bridgehead atoms. The molecule has 9 nitrogen and oxygen atoms in total. The standard InChI is InChI=1S/C24H32N6O3S/c1-2-11-34-24-26-22(25-17-13-16(17)14-7-4-3-5-8-14)19-23(27-24)30(29-28-19)18-12-15(9-6-10-31)20(32)21(18)33/h3-5,7-8,15-18,20-21,31-33H,2,6,9-13H2,1H3,(H,25,26,27)/t15-,16?,17?,18+,20+,21-/m0/s1. The Labute approximate surface area is 203 Å². The Morgan fingerprint density at radius 1 is 1.12 bits per heavy atom. The summed E-state index contributed by atoms with van der Waals surface area (Å²) >= 11 is 1.59. The van der Waals surface area contributed by atoms with Gasteiger partial charge in [-0.3, -0.25) is 0 Å². The minimum Gasteiger partial charge on any atom is -0.396 e. The zero-order valence-corrected chi connectivity index (χ0v) is 20.1. The van der Waals surface area contributed by atoms with Gasteiger partial charge < -0.3 is 20.6 Å². The van der Waals surface area contributed by atoms with Crippen LogP contribution in [0, 0.1) is 5.92 Å². The number of benzene rings is 1. The van der Waals surface area contributed by atoms with E-state index >= 15 is 0 Å². The smallest absolute Gasteiger partial charge is 0.191 e. The molecule has 2 heterocycles. The van der Waals surface area contributed by atoms with Crippen LogP contribution in [-0.2, 0) is 0 Å². The molecule has 2 aliphatic rings. The van der Waals surface area contributed by atoms with Gasteiger partial charge in [0.1, 0.15) is 6.10 Å². The lowest BCUT2D eigenvalue weighted by Gasteiger charge is -2.17. The van der Waals surface area contributed by atoms with Crippen molar-refractivity contribution in [3.63, 3.8) is 0 Å². The minimum absolute atomic E-state index is 0.0711. The maximum absolute atomic E-state index is 10.8. The van der Waals surface area contributed by atoms with Gasteiger partial charge in [0.25, 0.3) is 0 Å². The lowest BCUT2D eigenvalue weighted by molar-refractivity contribution is 0.00263. The van der Waals surface area contributed by atoms with Crippen molar-refractivity contribution >= 4 is 28.7 Å². The van der Waals surface area contributed by atoms with Crippen molar-refractivity contribution < 1.29 is 15.3 Å². The van der Waals surface area contributed by atoms with E-state index in [2.05, 4.69) is 46.8 Å². The number of aromatic nitrogens is 5. The van der Waals surface area contributed by atoms with E-state index in [1.807, 2.05) is 6.07 Å². The molecule has 4 N–H and O–H groups in total. The highest BCUT2D eigenvalue weighted by molar-refractivity contribution is 7.99. The highest BCUT2D eigenvalue weighted by Gasteiger charge is 2.44. The van der Waals surface area contributed by atoms with Gasteiger partial charge in [-0.15, -0.1) is 5.10 Å². The zero-order valence-electron chi connectivity index (χ0n) is 19.3. The van der Waals surface area contributed by atoms with Crippen molar-refractivity contribution in [1.82, 2.24) is 25.0 Å². The van der Waals surface area contributed by atoms with E-state index in [9.17, 15) is 15.3 Å². The lowest BCUT2D eigenvalue weighted by atomic mass is 9.99. The van der Waals surface area contributed by atoms with Crippen LogP contribution in [0.3, 0.4) is 0 Å². The summed E-state index contributed by atoms with van der Waals surface area (Å²) in [5, 5.41) is 43.5. The molecule has 2 unspecified atom stereocenters. The lowest BCUT2D eigenvalue weighted by Crippen LogP contribution is -2.30. The van der Waals surface area contributed by atoms with Crippen LogP contribution in [0.2, 0.25) is 0 Å². The second-order valence-electron chi connectivity index (χ2n) is 9.32. The Balaban J connectivity index is 1.43. The largest absolute Gasteiger partial charge is 0.396 e. The van der Waals surface area contributed by atoms with E-state index in [-0.39, 0.29) is 18.6 Å². The van der Waals surface area contributed by atoms with Gasteiger partial charge in [0.2, 0.25) is 0 Å². The maximum Gasteiger partial charge on any atom is 0.191 e. The predicted octanol–water partition coefficient (Wildman–Crippen LogP) is 2.75. The fourth-order valence-electron chi connectivity index (χ4n) is 4.97. The van der Waals surface area contributed by atoms with Crippen molar-refractivity contribution in [2.75, 3.05) is 17.7 Å². The van der Waals surface area contributed by atoms with Crippen molar-refractivity contribution in [3.8, 4) is 0 Å². The second-order valence-corrected chi connectivity index (χ2v) is 10.4. The van der Waals surface area contributed by atoms with Gasteiger partial charge in [0.15, 0.2) is 22.1 Å². The molecule has 10 heteroatoms. The number of nitrogens with zero attached hydrogens (tertiary/aromatic N) is 5. The summed E-state index contributed by atoms with van der Waals surface area (Å²) in [4.78, 5) is 9.51. The van der Waals surface area contributed by atoms with Crippen LogP contribution >= 0.6 is 11.8 Å². The van der Waals surface area contributed by atoms with Crippen molar-refractivity contribution in [2.45, 2.75) is 74.4 Å². The summed E-state index contributed by atoms with van der Waals surface area (Å²) in [5.41, 5.74) is 2.47. The Kier molecular flexibility index (Phi) is 7.01. The Hall–Kier alpha value is -2.27. The van der Waals surface area contributed by atoms with Gasteiger partial charge >= 0.3 is 0 Å². The van der Waals surface area contributed by atoms with Crippen LogP contribution in [0.15, 0.2) is 35.5 Å². The Morgan fingerprint density at radius 3 is 2.71 bits per heavy atom. The van der Waals surface area contributed by atoms with Gasteiger partial charge in [-0.25, -0.2) is 14.6 Å². The molecule has 0 saturated heterocycles. The molecule has 2 fully saturated rings. The highest BCUT2D eigenvalue weighted by atomic mass is 32.2. The topological polar surface area (TPSA) is 129 Å². The van der Waals surface area contributed by atoms with E-state index in [1.54, 1.807) is 16.4 Å². The molecular formula is C24H32N6O3S. The summed E-state index contributed by atoms with van der Waals surface area (Å²) < 4.78 is 1.66. The number of aliphatic hydroxyl groups excluding tert-OH is 3. The normalized spacial score (nSPS) is 28.5. The second kappa shape index (κ2) is 10.2. The first-order valence-corrected chi connectivity index (χ1v) is 13.1. The van der Waals surface area contributed by atoms with Crippen molar-refractivity contribution in [2.24, 2.45) is 5.92 Å². The summed E-state index contributed by atoms with van der Waals surface area (Å²) in [7, 11) is 0. The van der Waals surface area contributed by atoms with Gasteiger partial charge in [-0.2, -0.15) is 0 Å². The van der Waals surface area contributed by atoms with Gasteiger partial charge in [0.05, 0.1) is 12.1 Å². The van der Waals surface area contributed by atoms with E-state index < -0.39 is 18.2 Å². The van der Waals surface area contributed by atoms with Crippen LogP contribution in [0.1, 0.15) is 56.6 Å². The molecule has 2 saturated carbocycles. The van der Waals surface area contributed by atoms with E-state index in [0.29, 0.717) is 47.3 Å². The average Bonchev–Trinajstić information content (AvgIpc) is 3.41. The van der Waals surface area contributed by atoms with E-state index in [0.717, 1.165) is 18.6 Å². The third-order valence-electron chi connectivity index (χ3n) is 6.90. The first-order valence-electron chi connectivity index (χ1n) is 12.1. The van der Waals surface area contributed by atoms with Crippen LogP contribution in [0.5, 0.6) is 0 Å². The molecule has 1 aromatic carbocycles. The molecule has 6 atom stereocenters. The minimum atomic E-state index is -0.961. The number of fused-ring (bicyclic) bond motifs is 1. The molecule has 0 radical (unpaired) electrons. The molecule has 2 aliphatic carbocycles. The SMILES string of the molecule is CCCSc1nc(NC2CC2c2ccccc2)c2nnn([C@@H]3C[C@H](CCCO)[C@@H](O)[C@H]3O)c2n1. The number of anilines is 1. The van der Waals surface area contributed by atoms with Gasteiger partial charge in [-0.05, 0) is 43.6 Å². The molecule has 182 valence electrons. The molecule has 0 spiro atoms. The summed E-state index contributed by atoms with van der Waals surface area (Å²) in [6.07, 6.45) is 2.02.